The molecule has 0 saturated carbocycles. The molecule has 1 saturated heterocycles. The van der Waals surface area contributed by atoms with Crippen molar-refractivity contribution in [2.45, 2.75) is 103 Å². The Bertz CT molecular complexity index is 2870. The van der Waals surface area contributed by atoms with E-state index in [0.29, 0.717) is 50.1 Å². The zero-order valence-electron chi connectivity index (χ0n) is 44.0. The fourth-order valence-corrected chi connectivity index (χ4v) is 11.3. The minimum Gasteiger partial charge on any atom is -0.508 e. The molecule has 3 amide bonds. The van der Waals surface area contributed by atoms with Crippen LogP contribution in [0.25, 0.3) is 10.4 Å². The van der Waals surface area contributed by atoms with Gasteiger partial charge in [0.2, 0.25) is 11.8 Å². The maximum absolute atomic E-state index is 14.4. The number of thiazole rings is 1. The fraction of sp³-hybridized carbons (Fsp3) is 0.424. The van der Waals surface area contributed by atoms with Gasteiger partial charge in [0, 0.05) is 45.0 Å². The van der Waals surface area contributed by atoms with Crippen LogP contribution in [0.5, 0.6) is 17.4 Å². The standard InChI is InChI=1S/C59H70N6O9S/c1-8-48(40-13-10-9-11-14-40)38(4)54(41-18-24-45(66)25-19-41)42-20-26-47(27-21-42)72-30-28-64(7)52(68)15-12-29-71-31-32-73-51-34-50(74-63-51)53(37(2)3)57(69)65-35-46(67)33-49(65)56-61-58(70)59(6,62-56)44-22-16-43(17-23-44)55-39(5)60-36-75-55/h9-11,13-14,16-27,34,36-38,46,48-49,53-54,66-67H,8,12,15,28-33,35H2,1-7H3,(H,61,62,70). The van der Waals surface area contributed by atoms with E-state index in [1.54, 1.807) is 53.3 Å². The van der Waals surface area contributed by atoms with Crippen molar-refractivity contribution in [3.05, 3.63) is 148 Å². The van der Waals surface area contributed by atoms with E-state index in [-0.39, 0.29) is 73.3 Å². The van der Waals surface area contributed by atoms with Crippen molar-refractivity contribution in [3.63, 3.8) is 0 Å². The number of hydrogen-bond donors (Lipinski definition) is 3. The second kappa shape index (κ2) is 24.6. The van der Waals surface area contributed by atoms with Crippen LogP contribution in [-0.4, -0.2) is 112 Å². The van der Waals surface area contributed by atoms with Crippen molar-refractivity contribution < 1.29 is 43.3 Å². The Morgan fingerprint density at radius 2 is 1.63 bits per heavy atom. The minimum absolute atomic E-state index is 0.00817. The third kappa shape index (κ3) is 12.8. The normalized spacial score (nSPS) is 19.1. The largest absolute Gasteiger partial charge is 0.508 e. The number of aliphatic hydroxyl groups excluding tert-OH is 1. The highest BCUT2D eigenvalue weighted by Gasteiger charge is 2.48. The highest BCUT2D eigenvalue weighted by atomic mass is 32.1. The first-order valence-electron chi connectivity index (χ1n) is 26.0. The van der Waals surface area contributed by atoms with Crippen molar-refractivity contribution in [2.75, 3.05) is 46.6 Å². The molecular formula is C59H70N6O9S. The van der Waals surface area contributed by atoms with E-state index in [4.69, 9.17) is 18.7 Å². The third-order valence-electron chi connectivity index (χ3n) is 14.7. The van der Waals surface area contributed by atoms with Gasteiger partial charge in [0.1, 0.15) is 42.0 Å². The number of hydrogen-bond acceptors (Lipinski definition) is 13. The van der Waals surface area contributed by atoms with Gasteiger partial charge in [0.15, 0.2) is 5.76 Å². The molecule has 7 unspecified atom stereocenters. The zero-order valence-corrected chi connectivity index (χ0v) is 44.8. The molecule has 0 spiro atoms. The van der Waals surface area contributed by atoms with Crippen molar-refractivity contribution in [2.24, 2.45) is 16.8 Å². The molecule has 3 N–H and O–H groups in total. The van der Waals surface area contributed by atoms with Crippen LogP contribution in [0.15, 0.2) is 124 Å². The molecule has 1 fully saturated rings. The Kier molecular flexibility index (Phi) is 17.9. The number of likely N-dealkylation sites (N-methyl/N-ethyl adjacent to an activating group) is 1. The summed E-state index contributed by atoms with van der Waals surface area (Å²) in [6, 6.07) is 35.1. The number of β-amino-alcohol motifs (C(OH)–C–C–N with tert-alkyl or cyclic N) is 1. The third-order valence-corrected chi connectivity index (χ3v) is 15.7. The van der Waals surface area contributed by atoms with Crippen molar-refractivity contribution in [1.82, 2.24) is 25.3 Å². The molecule has 0 bridgehead atoms. The highest BCUT2D eigenvalue weighted by molar-refractivity contribution is 7.13. The first-order valence-corrected chi connectivity index (χ1v) is 26.9. The number of aromatic hydroxyl groups is 1. The number of nitrogens with one attached hydrogen (secondary N) is 1. The number of aromatic nitrogens is 2. The van der Waals surface area contributed by atoms with E-state index in [2.05, 4.69) is 70.7 Å². The molecule has 7 atom stereocenters. The lowest BCUT2D eigenvalue weighted by Crippen LogP contribution is -2.51. The Labute approximate surface area is 443 Å². The Hall–Kier alpha value is -6.88. The van der Waals surface area contributed by atoms with Crippen LogP contribution < -0.4 is 14.8 Å². The summed E-state index contributed by atoms with van der Waals surface area (Å²) in [7, 11) is 1.77. The fourth-order valence-electron chi connectivity index (χ4n) is 10.5. The van der Waals surface area contributed by atoms with Gasteiger partial charge in [-0.15, -0.1) is 11.3 Å². The van der Waals surface area contributed by atoms with Crippen molar-refractivity contribution in [3.8, 4) is 27.8 Å². The van der Waals surface area contributed by atoms with Gasteiger partial charge in [-0.25, -0.2) is 4.98 Å². The average Bonchev–Trinajstić information content (AvgIpc) is 4.22. The van der Waals surface area contributed by atoms with Gasteiger partial charge in [0.25, 0.3) is 11.8 Å². The summed E-state index contributed by atoms with van der Waals surface area (Å²) in [4.78, 5) is 53.9. The summed E-state index contributed by atoms with van der Waals surface area (Å²) < 4.78 is 23.4. The molecule has 2 aliphatic heterocycles. The lowest BCUT2D eigenvalue weighted by atomic mass is 9.72. The zero-order chi connectivity index (χ0) is 53.2. The Morgan fingerprint density at radius 1 is 0.920 bits per heavy atom. The van der Waals surface area contributed by atoms with Gasteiger partial charge >= 0.3 is 0 Å². The van der Waals surface area contributed by atoms with Gasteiger partial charge in [-0.1, -0.05) is 107 Å². The summed E-state index contributed by atoms with van der Waals surface area (Å²) in [6.07, 6.45) is 1.26. The average molecular weight is 1040 g/mol. The van der Waals surface area contributed by atoms with E-state index < -0.39 is 23.6 Å². The van der Waals surface area contributed by atoms with Crippen LogP contribution in [0.2, 0.25) is 0 Å². The predicted molar refractivity (Wildman–Crippen MR) is 289 cm³/mol. The minimum atomic E-state index is -1.15. The number of ether oxygens (including phenoxy) is 3. The monoisotopic (exact) mass is 1040 g/mol. The highest BCUT2D eigenvalue weighted by Crippen LogP contribution is 2.43. The molecule has 4 aromatic carbocycles. The maximum atomic E-state index is 14.4. The molecule has 15 nitrogen and oxygen atoms in total. The summed E-state index contributed by atoms with van der Waals surface area (Å²) >= 11 is 1.56. The van der Waals surface area contributed by atoms with Crippen LogP contribution in [-0.2, 0) is 24.7 Å². The van der Waals surface area contributed by atoms with Gasteiger partial charge in [-0.3, -0.25) is 14.4 Å². The second-order valence-electron chi connectivity index (χ2n) is 20.2. The van der Waals surface area contributed by atoms with E-state index in [1.807, 2.05) is 80.9 Å². The van der Waals surface area contributed by atoms with E-state index in [1.165, 1.54) is 11.1 Å². The predicted octanol–water partition coefficient (Wildman–Crippen LogP) is 9.63. The number of aryl methyl sites for hydroxylation is 1. The molecule has 2 aromatic heterocycles. The number of phenolic OH excluding ortho intramolecular Hbond substituents is 1. The summed E-state index contributed by atoms with van der Waals surface area (Å²) in [5.74, 6) is 0.941. The van der Waals surface area contributed by atoms with E-state index >= 15 is 0 Å². The summed E-state index contributed by atoms with van der Waals surface area (Å²) in [6.45, 7) is 13.7. The molecule has 75 heavy (non-hydrogen) atoms. The van der Waals surface area contributed by atoms with E-state index in [9.17, 15) is 24.6 Å². The summed E-state index contributed by atoms with van der Waals surface area (Å²) in [5, 5.41) is 28.3. The number of aliphatic hydroxyl groups is 1. The number of amidine groups is 1. The molecule has 6 aromatic rings. The quantitative estimate of drug-likeness (QED) is 0.0488. The van der Waals surface area contributed by atoms with E-state index in [0.717, 1.165) is 39.4 Å². The number of benzene rings is 4. The Balaban J connectivity index is 0.755. The Morgan fingerprint density at radius 3 is 2.29 bits per heavy atom. The van der Waals surface area contributed by atoms with Gasteiger partial charge in [-0.05, 0) is 102 Å². The number of likely N-dealkylation sites (tertiary alicyclic amines) is 1. The number of aliphatic imine (C=N–C) groups is 1. The van der Waals surface area contributed by atoms with Gasteiger partial charge < -0.3 is 44.1 Å². The lowest BCUT2D eigenvalue weighted by Gasteiger charge is -2.32. The molecule has 4 heterocycles. The smallest absolute Gasteiger partial charge is 0.277 e. The van der Waals surface area contributed by atoms with Crippen molar-refractivity contribution >= 4 is 34.9 Å². The van der Waals surface area contributed by atoms with Crippen LogP contribution in [0.4, 0.5) is 0 Å². The molecule has 8 rings (SSSR count). The van der Waals surface area contributed by atoms with Crippen molar-refractivity contribution in [1.29, 1.82) is 0 Å². The number of rotatable bonds is 24. The second-order valence-corrected chi connectivity index (χ2v) is 21.1. The molecule has 0 aliphatic carbocycles. The molecule has 0 radical (unpaired) electrons. The van der Waals surface area contributed by atoms with Gasteiger partial charge in [-0.2, -0.15) is 4.99 Å². The SMILES string of the molecule is CCC(c1ccccc1)C(C)C(c1ccc(O)cc1)c1ccc(OCCN(C)C(=O)CCCOCCOc2cc(C(C(=O)N3CC(O)CC3C3=NC(=O)C(C)(c4ccc(-c5scnc5C)cc4)N3)C(C)C)on2)cc1. The molecule has 2 aliphatic rings. The topological polar surface area (TPSA) is 189 Å². The first kappa shape index (κ1) is 54.4. The van der Waals surface area contributed by atoms with Crippen LogP contribution in [0, 0.1) is 18.8 Å². The number of nitrogens with zero attached hydrogens (tertiary/aromatic N) is 5. The van der Waals surface area contributed by atoms with Crippen LogP contribution in [0.3, 0.4) is 0 Å². The maximum Gasteiger partial charge on any atom is 0.277 e. The molecular weight excluding hydrogens is 969 g/mol. The van der Waals surface area contributed by atoms with Crippen LogP contribution >= 0.6 is 11.3 Å². The van der Waals surface area contributed by atoms with Crippen LogP contribution in [0.1, 0.15) is 112 Å². The number of amides is 3. The summed E-state index contributed by atoms with van der Waals surface area (Å²) in [5.41, 5.74) is 6.97. The number of carbonyl (C=O) groups excluding carboxylic acids is 3. The lowest BCUT2D eigenvalue weighted by molar-refractivity contribution is -0.134. The number of carbonyl (C=O) groups is 3. The van der Waals surface area contributed by atoms with Gasteiger partial charge in [0.05, 0.1) is 41.4 Å². The molecule has 396 valence electrons. The first-order chi connectivity index (χ1) is 36.1. The molecule has 16 heteroatoms. The number of phenols is 1.